The Morgan fingerprint density at radius 3 is 2.39 bits per heavy atom. The van der Waals surface area contributed by atoms with E-state index in [1.165, 1.54) is 37.2 Å². The minimum atomic E-state index is -1.41. The lowest BCUT2D eigenvalue weighted by Crippen LogP contribution is -2.22. The number of hydrogen-bond donors (Lipinski definition) is 1. The molecule has 1 N–H and O–H groups in total. The number of hydrogen-bond acceptors (Lipinski definition) is 12. The fourth-order valence-electron chi connectivity index (χ4n) is 3.12. The third-order valence-electron chi connectivity index (χ3n) is 4.90. The van der Waals surface area contributed by atoms with E-state index in [-0.39, 0.29) is 39.8 Å². The van der Waals surface area contributed by atoms with Gasteiger partial charge < -0.3 is 29.0 Å². The van der Waals surface area contributed by atoms with Gasteiger partial charge in [0.25, 0.3) is 5.91 Å². The summed E-state index contributed by atoms with van der Waals surface area (Å²) in [4.78, 5) is 56.1. The normalized spacial score (nSPS) is 10.2. The number of benzene rings is 2. The number of aromatic carboxylic acids is 1. The van der Waals surface area contributed by atoms with Crippen LogP contribution in [0.3, 0.4) is 0 Å². The maximum Gasteiger partial charge on any atom is 0.392 e. The molecule has 1 amide bonds. The summed E-state index contributed by atoms with van der Waals surface area (Å²) in [6.07, 6.45) is 0. The predicted molar refractivity (Wildman–Crippen MR) is 139 cm³/mol. The first-order valence-corrected chi connectivity index (χ1v) is 11.8. The molecule has 0 atom stereocenters. The molecule has 16 heteroatoms. The molecule has 3 aromatic rings. The van der Waals surface area contributed by atoms with Crippen LogP contribution in [0.1, 0.15) is 33.2 Å². The second kappa shape index (κ2) is 13.0. The van der Waals surface area contributed by atoms with Crippen LogP contribution in [-0.4, -0.2) is 70.1 Å². The zero-order chi connectivity index (χ0) is 30.3. The number of aromatic nitrogens is 2. The number of carbonyl (C=O) groups is 3. The highest BCUT2D eigenvalue weighted by molar-refractivity contribution is 6.32. The molecule has 0 saturated carbocycles. The molecule has 0 aliphatic heterocycles. The molecule has 0 saturated heterocycles. The first kappa shape index (κ1) is 30.1. The van der Waals surface area contributed by atoms with Gasteiger partial charge in [0.05, 0.1) is 33.7 Å². The Morgan fingerprint density at radius 1 is 1.10 bits per heavy atom. The number of halogens is 1. The average molecular weight is 586 g/mol. The van der Waals surface area contributed by atoms with Gasteiger partial charge in [-0.3, -0.25) is 14.9 Å². The van der Waals surface area contributed by atoms with E-state index in [0.717, 1.165) is 18.2 Å². The third kappa shape index (κ3) is 7.55. The van der Waals surface area contributed by atoms with Gasteiger partial charge in [-0.1, -0.05) is 11.6 Å². The first-order valence-electron chi connectivity index (χ1n) is 11.4. The SMILES string of the molecule is CCOC(=O)COc1nc(Oc2cc(C#N)ccc2Cl)nc(Oc2cc(C(=O)O)cc(C(=O)N(C)C)c2)c1[N+](=O)[O-]. The minimum Gasteiger partial charge on any atom is -0.478 e. The lowest BCUT2D eigenvalue weighted by Gasteiger charge is -2.14. The summed E-state index contributed by atoms with van der Waals surface area (Å²) in [5.41, 5.74) is -1.26. The van der Waals surface area contributed by atoms with Gasteiger partial charge in [-0.25, -0.2) is 9.59 Å². The average Bonchev–Trinajstić information content (AvgIpc) is 2.92. The fourth-order valence-corrected chi connectivity index (χ4v) is 3.28. The number of carboxylic acid groups (broad SMARTS) is 1. The summed E-state index contributed by atoms with van der Waals surface area (Å²) in [6.45, 7) is 0.770. The second-order valence-corrected chi connectivity index (χ2v) is 8.44. The molecule has 0 aliphatic rings. The minimum absolute atomic E-state index is 0.0123. The van der Waals surface area contributed by atoms with E-state index in [4.69, 9.17) is 30.5 Å². The van der Waals surface area contributed by atoms with Gasteiger partial charge in [-0.05, 0) is 37.3 Å². The van der Waals surface area contributed by atoms with Crippen LogP contribution >= 0.6 is 11.6 Å². The largest absolute Gasteiger partial charge is 0.478 e. The number of carbonyl (C=O) groups excluding carboxylic acids is 2. The van der Waals surface area contributed by atoms with E-state index >= 15 is 0 Å². The molecule has 0 bridgehead atoms. The molecule has 0 spiro atoms. The Hall–Kier alpha value is -5.49. The van der Waals surface area contributed by atoms with Crippen molar-refractivity contribution in [3.8, 4) is 35.3 Å². The molecule has 0 aliphatic carbocycles. The first-order chi connectivity index (χ1) is 19.4. The molecule has 41 heavy (non-hydrogen) atoms. The van der Waals surface area contributed by atoms with Crippen molar-refractivity contribution >= 4 is 35.1 Å². The molecule has 0 unspecified atom stereocenters. The van der Waals surface area contributed by atoms with Gasteiger partial charge in [0.2, 0.25) is 0 Å². The van der Waals surface area contributed by atoms with E-state index in [1.54, 1.807) is 6.92 Å². The Labute approximate surface area is 236 Å². The van der Waals surface area contributed by atoms with Crippen molar-refractivity contribution in [3.05, 3.63) is 68.2 Å². The van der Waals surface area contributed by atoms with Crippen LogP contribution in [0.4, 0.5) is 5.69 Å². The van der Waals surface area contributed by atoms with Gasteiger partial charge in [-0.15, -0.1) is 0 Å². The lowest BCUT2D eigenvalue weighted by atomic mass is 10.1. The number of nitro groups is 1. The summed E-state index contributed by atoms with van der Waals surface area (Å²) in [5, 5.41) is 30.8. The molecular weight excluding hydrogens is 566 g/mol. The van der Waals surface area contributed by atoms with Crippen molar-refractivity contribution in [1.82, 2.24) is 14.9 Å². The molecule has 1 heterocycles. The lowest BCUT2D eigenvalue weighted by molar-refractivity contribution is -0.387. The van der Waals surface area contributed by atoms with E-state index < -0.39 is 52.8 Å². The molecule has 1 aromatic heterocycles. The maximum absolute atomic E-state index is 12.5. The van der Waals surface area contributed by atoms with E-state index in [1.807, 2.05) is 6.07 Å². The molecule has 212 valence electrons. The molecular formula is C25H20ClN5O10. The van der Waals surface area contributed by atoms with Crippen LogP contribution in [0.5, 0.6) is 29.3 Å². The highest BCUT2D eigenvalue weighted by atomic mass is 35.5. The van der Waals surface area contributed by atoms with Gasteiger partial charge >= 0.3 is 35.4 Å². The van der Waals surface area contributed by atoms with Gasteiger partial charge in [-0.2, -0.15) is 15.2 Å². The molecule has 0 fully saturated rings. The standard InChI is InChI=1S/C25H20ClN5O10/c1-4-38-19(32)12-39-21-20(31(36)37)22(29-25(28-21)41-18-7-13(11-27)5-6-17(18)26)40-16-9-14(23(33)30(2)3)8-15(10-16)24(34)35/h5-10H,4,12H2,1-3H3,(H,34,35). The molecule has 3 rings (SSSR count). The van der Waals surface area contributed by atoms with Gasteiger partial charge in [0.1, 0.15) is 5.75 Å². The Kier molecular flexibility index (Phi) is 9.56. The van der Waals surface area contributed by atoms with Crippen LogP contribution in [0.2, 0.25) is 5.02 Å². The number of ether oxygens (including phenoxy) is 4. The van der Waals surface area contributed by atoms with Crippen molar-refractivity contribution < 1.29 is 43.4 Å². The third-order valence-corrected chi connectivity index (χ3v) is 5.21. The predicted octanol–water partition coefficient (Wildman–Crippen LogP) is 3.84. The quantitative estimate of drug-likeness (QED) is 0.193. The van der Waals surface area contributed by atoms with Crippen molar-refractivity contribution in [2.75, 3.05) is 27.3 Å². The zero-order valence-electron chi connectivity index (χ0n) is 21.6. The second-order valence-electron chi connectivity index (χ2n) is 8.03. The number of nitrogens with zero attached hydrogens (tertiary/aromatic N) is 5. The highest BCUT2D eigenvalue weighted by Crippen LogP contribution is 2.40. The summed E-state index contributed by atoms with van der Waals surface area (Å²) in [6, 6.07) is 8.56. The molecule has 2 aromatic carbocycles. The number of esters is 1. The van der Waals surface area contributed by atoms with E-state index in [9.17, 15) is 34.9 Å². The monoisotopic (exact) mass is 585 g/mol. The topological polar surface area (TPSA) is 204 Å². The van der Waals surface area contributed by atoms with Crippen molar-refractivity contribution in [2.24, 2.45) is 0 Å². The van der Waals surface area contributed by atoms with Crippen molar-refractivity contribution in [3.63, 3.8) is 0 Å². The summed E-state index contributed by atoms with van der Waals surface area (Å²) < 4.78 is 21.1. The highest BCUT2D eigenvalue weighted by Gasteiger charge is 2.31. The Balaban J connectivity index is 2.17. The Morgan fingerprint density at radius 2 is 1.78 bits per heavy atom. The van der Waals surface area contributed by atoms with Crippen LogP contribution < -0.4 is 14.2 Å². The van der Waals surface area contributed by atoms with Gasteiger partial charge in [0, 0.05) is 25.7 Å². The molecule has 0 radical (unpaired) electrons. The Bertz CT molecular complexity index is 1570. The zero-order valence-corrected chi connectivity index (χ0v) is 22.4. The maximum atomic E-state index is 12.5. The van der Waals surface area contributed by atoms with Crippen LogP contribution in [0.15, 0.2) is 36.4 Å². The number of nitriles is 1. The smallest absolute Gasteiger partial charge is 0.392 e. The number of amides is 1. The van der Waals surface area contributed by atoms with Crippen LogP contribution in [-0.2, 0) is 9.53 Å². The van der Waals surface area contributed by atoms with Crippen LogP contribution in [0, 0.1) is 21.4 Å². The van der Waals surface area contributed by atoms with Crippen LogP contribution in [0.25, 0.3) is 0 Å². The summed E-state index contributed by atoms with van der Waals surface area (Å²) in [5.74, 6) is -4.83. The number of rotatable bonds is 11. The molecule has 15 nitrogen and oxygen atoms in total. The van der Waals surface area contributed by atoms with E-state index in [2.05, 4.69) is 9.97 Å². The number of carboxylic acids is 1. The summed E-state index contributed by atoms with van der Waals surface area (Å²) in [7, 11) is 2.88. The van der Waals surface area contributed by atoms with Crippen molar-refractivity contribution in [2.45, 2.75) is 6.92 Å². The van der Waals surface area contributed by atoms with Crippen molar-refractivity contribution in [1.29, 1.82) is 5.26 Å². The van der Waals surface area contributed by atoms with E-state index in [0.29, 0.717) is 0 Å². The summed E-state index contributed by atoms with van der Waals surface area (Å²) >= 11 is 6.14. The van der Waals surface area contributed by atoms with Gasteiger partial charge in [0.15, 0.2) is 12.4 Å². The fraction of sp³-hybridized carbons (Fsp3) is 0.200.